The monoisotopic (exact) mass is 329 g/mol. The first-order chi connectivity index (χ1) is 11.1. The van der Waals surface area contributed by atoms with Gasteiger partial charge in [0, 0.05) is 31.3 Å². The molecule has 23 heavy (non-hydrogen) atoms. The molecular weight excluding hydrogens is 308 g/mol. The molecule has 0 bridgehead atoms. The summed E-state index contributed by atoms with van der Waals surface area (Å²) in [6.45, 7) is 3.45. The Hall–Kier alpha value is -1.28. The first kappa shape index (κ1) is 16.6. The summed E-state index contributed by atoms with van der Waals surface area (Å²) in [6, 6.07) is 3.14. The van der Waals surface area contributed by atoms with E-state index in [0.29, 0.717) is 45.9 Å². The van der Waals surface area contributed by atoms with Gasteiger partial charge in [-0.15, -0.1) is 0 Å². The van der Waals surface area contributed by atoms with Crippen LogP contribution in [-0.4, -0.2) is 67.8 Å². The molecular formula is C16H21F2NO4. The molecule has 0 aromatic heterocycles. The van der Waals surface area contributed by atoms with Gasteiger partial charge in [0.15, 0.2) is 0 Å². The minimum atomic E-state index is -0.738. The van der Waals surface area contributed by atoms with Crippen molar-refractivity contribution in [2.75, 3.05) is 39.5 Å². The van der Waals surface area contributed by atoms with Gasteiger partial charge in [0.1, 0.15) is 29.6 Å². The maximum Gasteiger partial charge on any atom is 0.129 e. The summed E-state index contributed by atoms with van der Waals surface area (Å²) in [5.74, 6) is -1.29. The molecule has 0 aliphatic carbocycles. The highest BCUT2D eigenvalue weighted by Gasteiger charge is 2.33. The van der Waals surface area contributed by atoms with E-state index in [-0.39, 0.29) is 11.8 Å². The number of halogens is 2. The Bertz CT molecular complexity index is 503. The van der Waals surface area contributed by atoms with Crippen molar-refractivity contribution in [2.24, 2.45) is 0 Å². The third-order valence-corrected chi connectivity index (χ3v) is 4.18. The summed E-state index contributed by atoms with van der Waals surface area (Å²) in [5.41, 5.74) is 0. The average molecular weight is 329 g/mol. The Morgan fingerprint density at radius 1 is 1.09 bits per heavy atom. The zero-order chi connectivity index (χ0) is 16.2. The molecule has 2 aliphatic rings. The number of hydrogen-bond donors (Lipinski definition) is 1. The van der Waals surface area contributed by atoms with Gasteiger partial charge in [-0.2, -0.15) is 0 Å². The van der Waals surface area contributed by atoms with Crippen LogP contribution in [0.25, 0.3) is 0 Å². The van der Waals surface area contributed by atoms with E-state index in [1.54, 1.807) is 0 Å². The maximum absolute atomic E-state index is 13.2. The topological polar surface area (TPSA) is 51.2 Å². The number of hydrogen-bond acceptors (Lipinski definition) is 5. The van der Waals surface area contributed by atoms with Gasteiger partial charge in [-0.25, -0.2) is 8.78 Å². The first-order valence-electron chi connectivity index (χ1n) is 7.82. The van der Waals surface area contributed by atoms with Gasteiger partial charge in [-0.1, -0.05) is 0 Å². The van der Waals surface area contributed by atoms with Crippen molar-refractivity contribution in [2.45, 2.75) is 24.7 Å². The molecule has 2 fully saturated rings. The van der Waals surface area contributed by atoms with Crippen molar-refractivity contribution in [3.05, 3.63) is 29.8 Å². The van der Waals surface area contributed by atoms with Crippen LogP contribution in [0.5, 0.6) is 5.75 Å². The molecule has 1 aromatic rings. The number of nitrogens with zero attached hydrogens (tertiary/aromatic N) is 1. The molecule has 3 rings (SSSR count). The fraction of sp³-hybridized carbons (Fsp3) is 0.625. The van der Waals surface area contributed by atoms with E-state index < -0.39 is 23.8 Å². The summed E-state index contributed by atoms with van der Waals surface area (Å²) in [7, 11) is 0. The molecule has 2 heterocycles. The summed E-state index contributed by atoms with van der Waals surface area (Å²) in [6.07, 6.45) is -0.658. The molecule has 7 heteroatoms. The molecule has 0 saturated carbocycles. The van der Waals surface area contributed by atoms with Gasteiger partial charge in [-0.05, 0) is 6.42 Å². The SMILES string of the molecule is O[C@@H]1CN(C2COCCOC2)CC[C@H]1Oc1cc(F)cc(F)c1. The Kier molecular flexibility index (Phi) is 5.42. The van der Waals surface area contributed by atoms with Crippen molar-refractivity contribution in [3.63, 3.8) is 0 Å². The van der Waals surface area contributed by atoms with Crippen LogP contribution >= 0.6 is 0 Å². The summed E-state index contributed by atoms with van der Waals surface area (Å²) in [5, 5.41) is 10.3. The predicted octanol–water partition coefficient (Wildman–Crippen LogP) is 1.19. The standard InChI is InChI=1S/C16H21F2NO4/c17-11-5-12(18)7-14(6-11)23-16-1-2-19(8-15(16)20)13-9-21-3-4-22-10-13/h5-7,13,15-16,20H,1-4,8-10H2/t15-,16-/m1/s1. The van der Waals surface area contributed by atoms with Gasteiger partial charge < -0.3 is 19.3 Å². The van der Waals surface area contributed by atoms with Crippen LogP contribution in [0.15, 0.2) is 18.2 Å². The second-order valence-corrected chi connectivity index (χ2v) is 5.92. The van der Waals surface area contributed by atoms with E-state index >= 15 is 0 Å². The van der Waals surface area contributed by atoms with E-state index in [2.05, 4.69) is 4.90 Å². The van der Waals surface area contributed by atoms with E-state index in [9.17, 15) is 13.9 Å². The molecule has 1 N–H and O–H groups in total. The van der Waals surface area contributed by atoms with Gasteiger partial charge in [0.2, 0.25) is 0 Å². The van der Waals surface area contributed by atoms with Crippen LogP contribution < -0.4 is 4.74 Å². The lowest BCUT2D eigenvalue weighted by Crippen LogP contribution is -2.54. The molecule has 0 spiro atoms. The van der Waals surface area contributed by atoms with Gasteiger partial charge >= 0.3 is 0 Å². The number of benzene rings is 1. The van der Waals surface area contributed by atoms with Crippen molar-refractivity contribution in [3.8, 4) is 5.75 Å². The van der Waals surface area contributed by atoms with Crippen molar-refractivity contribution in [1.29, 1.82) is 0 Å². The molecule has 1 aromatic carbocycles. The van der Waals surface area contributed by atoms with E-state index in [1.807, 2.05) is 0 Å². The lowest BCUT2D eigenvalue weighted by Gasteiger charge is -2.39. The van der Waals surface area contributed by atoms with Crippen molar-refractivity contribution < 1.29 is 28.1 Å². The normalized spacial score (nSPS) is 27.6. The number of ether oxygens (including phenoxy) is 3. The summed E-state index contributed by atoms with van der Waals surface area (Å²) in [4.78, 5) is 2.11. The van der Waals surface area contributed by atoms with Crippen LogP contribution in [-0.2, 0) is 9.47 Å². The van der Waals surface area contributed by atoms with Crippen LogP contribution in [0.3, 0.4) is 0 Å². The predicted molar refractivity (Wildman–Crippen MR) is 78.4 cm³/mol. The zero-order valence-corrected chi connectivity index (χ0v) is 12.8. The van der Waals surface area contributed by atoms with E-state index in [0.717, 1.165) is 18.2 Å². The zero-order valence-electron chi connectivity index (χ0n) is 12.8. The number of aliphatic hydroxyl groups is 1. The Balaban J connectivity index is 1.57. The minimum Gasteiger partial charge on any atom is -0.487 e. The van der Waals surface area contributed by atoms with Gasteiger partial charge in [-0.3, -0.25) is 4.90 Å². The number of aliphatic hydroxyl groups excluding tert-OH is 1. The number of rotatable bonds is 3. The Labute approximate surface area is 133 Å². The largest absolute Gasteiger partial charge is 0.487 e. The van der Waals surface area contributed by atoms with E-state index in [4.69, 9.17) is 14.2 Å². The highest BCUT2D eigenvalue weighted by molar-refractivity contribution is 5.24. The first-order valence-corrected chi connectivity index (χ1v) is 7.82. The number of β-amino-alcohol motifs (C(OH)–C–C–N with tert-alkyl or cyclic N) is 1. The molecule has 2 saturated heterocycles. The molecule has 0 radical (unpaired) electrons. The quantitative estimate of drug-likeness (QED) is 0.903. The third-order valence-electron chi connectivity index (χ3n) is 4.18. The Morgan fingerprint density at radius 2 is 1.74 bits per heavy atom. The minimum absolute atomic E-state index is 0.0983. The fourth-order valence-electron chi connectivity index (χ4n) is 2.99. The van der Waals surface area contributed by atoms with Crippen molar-refractivity contribution in [1.82, 2.24) is 4.90 Å². The van der Waals surface area contributed by atoms with Crippen LogP contribution in [0.2, 0.25) is 0 Å². The maximum atomic E-state index is 13.2. The summed E-state index contributed by atoms with van der Waals surface area (Å²) < 4.78 is 42.9. The second-order valence-electron chi connectivity index (χ2n) is 5.92. The highest BCUT2D eigenvalue weighted by Crippen LogP contribution is 2.23. The average Bonchev–Trinajstić information content (AvgIpc) is 2.77. The molecule has 128 valence electrons. The van der Waals surface area contributed by atoms with Crippen LogP contribution in [0.4, 0.5) is 8.78 Å². The van der Waals surface area contributed by atoms with Gasteiger partial charge in [0.05, 0.1) is 32.5 Å². The third kappa shape index (κ3) is 4.38. The van der Waals surface area contributed by atoms with E-state index in [1.165, 1.54) is 0 Å². The molecule has 2 aliphatic heterocycles. The van der Waals surface area contributed by atoms with Crippen molar-refractivity contribution >= 4 is 0 Å². The van der Waals surface area contributed by atoms with Gasteiger partial charge in [0.25, 0.3) is 0 Å². The Morgan fingerprint density at radius 3 is 2.35 bits per heavy atom. The summed E-state index contributed by atoms with van der Waals surface area (Å²) >= 11 is 0. The number of likely N-dealkylation sites (tertiary alicyclic amines) is 1. The second kappa shape index (κ2) is 7.53. The molecule has 0 amide bonds. The van der Waals surface area contributed by atoms with Crippen LogP contribution in [0, 0.1) is 11.6 Å². The molecule has 5 nitrogen and oxygen atoms in total. The number of piperidine rings is 1. The highest BCUT2D eigenvalue weighted by atomic mass is 19.1. The lowest BCUT2D eigenvalue weighted by molar-refractivity contribution is -0.0515. The lowest BCUT2D eigenvalue weighted by atomic mass is 10.0. The fourth-order valence-corrected chi connectivity index (χ4v) is 2.99. The van der Waals surface area contributed by atoms with Crippen LogP contribution in [0.1, 0.15) is 6.42 Å². The molecule has 2 atom stereocenters. The smallest absolute Gasteiger partial charge is 0.129 e. The molecule has 0 unspecified atom stereocenters.